The molecule has 1 saturated carbocycles. The van der Waals surface area contributed by atoms with Gasteiger partial charge in [0.15, 0.2) is 0 Å². The minimum Gasteiger partial charge on any atom is -0.385 e. The molecule has 1 fully saturated rings. The summed E-state index contributed by atoms with van der Waals surface area (Å²) < 4.78 is 0. The molecule has 1 N–H and O–H groups in total. The summed E-state index contributed by atoms with van der Waals surface area (Å²) in [6.45, 7) is 3.10. The van der Waals surface area contributed by atoms with Gasteiger partial charge in [0, 0.05) is 12.2 Å². The van der Waals surface area contributed by atoms with Crippen LogP contribution in [-0.4, -0.2) is 6.54 Å². The average Bonchev–Trinajstić information content (AvgIpc) is 3.05. The molecule has 2 nitrogen and oxygen atoms in total. The predicted molar refractivity (Wildman–Crippen MR) is 61.7 cm³/mol. The van der Waals surface area contributed by atoms with Crippen LogP contribution in [0.5, 0.6) is 0 Å². The zero-order valence-electron chi connectivity index (χ0n) is 9.09. The average molecular weight is 200 g/mol. The third-order valence-corrected chi connectivity index (χ3v) is 2.93. The van der Waals surface area contributed by atoms with Gasteiger partial charge in [-0.2, -0.15) is 5.26 Å². The Morgan fingerprint density at radius 1 is 1.47 bits per heavy atom. The van der Waals surface area contributed by atoms with Crippen LogP contribution in [0.15, 0.2) is 18.2 Å². The molecule has 78 valence electrons. The molecular weight excluding hydrogens is 184 g/mol. The first-order valence-corrected chi connectivity index (χ1v) is 5.54. The first-order chi connectivity index (χ1) is 7.29. The van der Waals surface area contributed by atoms with E-state index in [4.69, 9.17) is 5.26 Å². The highest BCUT2D eigenvalue weighted by Gasteiger charge is 2.20. The Morgan fingerprint density at radius 2 is 2.27 bits per heavy atom. The maximum atomic E-state index is 8.80. The standard InChI is InChI=1S/C13H16N2/c1-10-2-3-12(9-14)8-13(10)15-7-6-11-4-5-11/h2-3,8,11,15H,4-7H2,1H3. The summed E-state index contributed by atoms with van der Waals surface area (Å²) in [5, 5.41) is 12.2. The van der Waals surface area contributed by atoms with Crippen LogP contribution in [0, 0.1) is 24.2 Å². The van der Waals surface area contributed by atoms with Gasteiger partial charge < -0.3 is 5.32 Å². The Balaban J connectivity index is 1.95. The second-order valence-electron chi connectivity index (χ2n) is 4.30. The first-order valence-electron chi connectivity index (χ1n) is 5.54. The van der Waals surface area contributed by atoms with E-state index in [-0.39, 0.29) is 0 Å². The van der Waals surface area contributed by atoms with Crippen LogP contribution in [0.4, 0.5) is 5.69 Å². The van der Waals surface area contributed by atoms with Crippen molar-refractivity contribution in [3.8, 4) is 6.07 Å². The highest BCUT2D eigenvalue weighted by molar-refractivity contribution is 5.55. The monoisotopic (exact) mass is 200 g/mol. The zero-order valence-corrected chi connectivity index (χ0v) is 9.09. The largest absolute Gasteiger partial charge is 0.385 e. The van der Waals surface area contributed by atoms with E-state index < -0.39 is 0 Å². The molecular formula is C13H16N2. The number of nitrogens with one attached hydrogen (secondary N) is 1. The van der Waals surface area contributed by atoms with E-state index in [9.17, 15) is 0 Å². The third kappa shape index (κ3) is 2.73. The minimum atomic E-state index is 0.731. The SMILES string of the molecule is Cc1ccc(C#N)cc1NCCC1CC1. The molecule has 0 aliphatic heterocycles. The fraction of sp³-hybridized carbons (Fsp3) is 0.462. The molecule has 15 heavy (non-hydrogen) atoms. The Kier molecular flexibility index (Phi) is 2.91. The molecule has 0 bridgehead atoms. The maximum Gasteiger partial charge on any atom is 0.0992 e. The smallest absolute Gasteiger partial charge is 0.0992 e. The number of aryl methyl sites for hydroxylation is 1. The highest BCUT2D eigenvalue weighted by Crippen LogP contribution is 2.32. The fourth-order valence-electron chi connectivity index (χ4n) is 1.70. The van der Waals surface area contributed by atoms with Crippen molar-refractivity contribution in [1.29, 1.82) is 5.26 Å². The molecule has 0 unspecified atom stereocenters. The Hall–Kier alpha value is -1.49. The van der Waals surface area contributed by atoms with E-state index in [0.29, 0.717) is 0 Å². The molecule has 1 aliphatic carbocycles. The molecule has 1 aromatic carbocycles. The second-order valence-corrected chi connectivity index (χ2v) is 4.30. The van der Waals surface area contributed by atoms with Crippen molar-refractivity contribution in [3.05, 3.63) is 29.3 Å². The van der Waals surface area contributed by atoms with Crippen LogP contribution >= 0.6 is 0 Å². The summed E-state index contributed by atoms with van der Waals surface area (Å²) in [5.41, 5.74) is 3.05. The summed E-state index contributed by atoms with van der Waals surface area (Å²) in [4.78, 5) is 0. The van der Waals surface area contributed by atoms with Gasteiger partial charge >= 0.3 is 0 Å². The lowest BCUT2D eigenvalue weighted by atomic mass is 10.1. The zero-order chi connectivity index (χ0) is 10.7. The summed E-state index contributed by atoms with van der Waals surface area (Å²) >= 11 is 0. The molecule has 2 rings (SSSR count). The molecule has 1 aliphatic rings. The van der Waals surface area contributed by atoms with E-state index in [1.165, 1.54) is 24.8 Å². The molecule has 0 radical (unpaired) electrons. The summed E-state index contributed by atoms with van der Waals surface area (Å²) in [7, 11) is 0. The molecule has 0 amide bonds. The number of anilines is 1. The van der Waals surface area contributed by atoms with Gasteiger partial charge in [0.2, 0.25) is 0 Å². The van der Waals surface area contributed by atoms with Crippen LogP contribution < -0.4 is 5.32 Å². The van der Waals surface area contributed by atoms with Crippen molar-refractivity contribution in [2.45, 2.75) is 26.2 Å². The molecule has 2 heteroatoms. The van der Waals surface area contributed by atoms with Gasteiger partial charge in [-0.05, 0) is 37.0 Å². The van der Waals surface area contributed by atoms with Crippen molar-refractivity contribution >= 4 is 5.69 Å². The number of nitriles is 1. The predicted octanol–water partition coefficient (Wildman–Crippen LogP) is 3.08. The Labute approximate surface area is 90.9 Å². The van der Waals surface area contributed by atoms with Crippen molar-refractivity contribution in [2.24, 2.45) is 5.92 Å². The van der Waals surface area contributed by atoms with Gasteiger partial charge in [-0.3, -0.25) is 0 Å². The second kappa shape index (κ2) is 4.35. The normalized spacial score (nSPS) is 14.7. The van der Waals surface area contributed by atoms with Crippen molar-refractivity contribution in [2.75, 3.05) is 11.9 Å². The molecule has 0 spiro atoms. The van der Waals surface area contributed by atoms with Gasteiger partial charge in [-0.15, -0.1) is 0 Å². The Bertz CT molecular complexity index is 386. The number of rotatable bonds is 4. The van der Waals surface area contributed by atoms with Crippen molar-refractivity contribution in [1.82, 2.24) is 0 Å². The number of hydrogen-bond acceptors (Lipinski definition) is 2. The van der Waals surface area contributed by atoms with Gasteiger partial charge in [-0.1, -0.05) is 18.9 Å². The lowest BCUT2D eigenvalue weighted by molar-refractivity contribution is 0.760. The van der Waals surface area contributed by atoms with Crippen molar-refractivity contribution in [3.63, 3.8) is 0 Å². The quantitative estimate of drug-likeness (QED) is 0.810. The summed E-state index contributed by atoms with van der Waals surface area (Å²) in [6.07, 6.45) is 4.06. The lowest BCUT2D eigenvalue weighted by Gasteiger charge is -2.09. The highest BCUT2D eigenvalue weighted by atomic mass is 14.9. The van der Waals surface area contributed by atoms with E-state index >= 15 is 0 Å². The fourth-order valence-corrected chi connectivity index (χ4v) is 1.70. The van der Waals surface area contributed by atoms with Gasteiger partial charge in [0.25, 0.3) is 0 Å². The number of nitrogens with zero attached hydrogens (tertiary/aromatic N) is 1. The first kappa shape index (κ1) is 10.0. The van der Waals surface area contributed by atoms with Gasteiger partial charge in [0.1, 0.15) is 0 Å². The van der Waals surface area contributed by atoms with Gasteiger partial charge in [-0.25, -0.2) is 0 Å². The number of hydrogen-bond donors (Lipinski definition) is 1. The van der Waals surface area contributed by atoms with Crippen LogP contribution in [0.25, 0.3) is 0 Å². The van der Waals surface area contributed by atoms with E-state index in [0.717, 1.165) is 23.7 Å². The van der Waals surface area contributed by atoms with Gasteiger partial charge in [0.05, 0.1) is 11.6 Å². The van der Waals surface area contributed by atoms with Crippen LogP contribution in [0.2, 0.25) is 0 Å². The molecule has 1 aromatic rings. The Morgan fingerprint density at radius 3 is 2.93 bits per heavy atom. The lowest BCUT2D eigenvalue weighted by Crippen LogP contribution is -2.03. The van der Waals surface area contributed by atoms with Crippen LogP contribution in [0.1, 0.15) is 30.4 Å². The van der Waals surface area contributed by atoms with Crippen molar-refractivity contribution < 1.29 is 0 Å². The maximum absolute atomic E-state index is 8.80. The summed E-state index contributed by atoms with van der Waals surface area (Å²) in [6, 6.07) is 7.96. The number of benzene rings is 1. The topological polar surface area (TPSA) is 35.8 Å². The third-order valence-electron chi connectivity index (χ3n) is 2.93. The van der Waals surface area contributed by atoms with Crippen LogP contribution in [-0.2, 0) is 0 Å². The van der Waals surface area contributed by atoms with E-state index in [1.54, 1.807) is 0 Å². The molecule has 0 saturated heterocycles. The molecule has 0 atom stereocenters. The molecule has 0 aromatic heterocycles. The minimum absolute atomic E-state index is 0.731. The molecule has 0 heterocycles. The van der Waals surface area contributed by atoms with E-state index in [1.807, 2.05) is 18.2 Å². The van der Waals surface area contributed by atoms with E-state index in [2.05, 4.69) is 18.3 Å². The summed E-state index contributed by atoms with van der Waals surface area (Å²) in [5.74, 6) is 0.956. The van der Waals surface area contributed by atoms with Crippen LogP contribution in [0.3, 0.4) is 0 Å².